The highest BCUT2D eigenvalue weighted by molar-refractivity contribution is 6.43. The standard InChI is InChI=1S/C14H9Cl3O2/c15-10-6-12(17)14(7-11(10)16)19-8-13(18)9-4-2-1-3-5-9/h1-7H,8H2. The van der Waals surface area contributed by atoms with Crippen molar-refractivity contribution in [2.24, 2.45) is 0 Å². The molecule has 0 spiro atoms. The fraction of sp³-hybridized carbons (Fsp3) is 0.0714. The predicted octanol–water partition coefficient (Wildman–Crippen LogP) is 4.91. The molecule has 2 rings (SSSR count). The molecule has 0 unspecified atom stereocenters. The van der Waals surface area contributed by atoms with Crippen LogP contribution in [0.4, 0.5) is 0 Å². The molecule has 5 heteroatoms. The molecular formula is C14H9Cl3O2. The van der Waals surface area contributed by atoms with Gasteiger partial charge in [-0.15, -0.1) is 0 Å². The van der Waals surface area contributed by atoms with Crippen molar-refractivity contribution >= 4 is 40.6 Å². The monoisotopic (exact) mass is 314 g/mol. The van der Waals surface area contributed by atoms with Crippen molar-refractivity contribution in [3.8, 4) is 5.75 Å². The van der Waals surface area contributed by atoms with E-state index in [0.717, 1.165) is 0 Å². The Morgan fingerprint density at radius 3 is 2.26 bits per heavy atom. The molecule has 0 N–H and O–H groups in total. The molecule has 0 aromatic heterocycles. The summed E-state index contributed by atoms with van der Waals surface area (Å²) in [5, 5.41) is 0.983. The van der Waals surface area contributed by atoms with Gasteiger partial charge in [0, 0.05) is 11.6 Å². The average molecular weight is 316 g/mol. The molecule has 0 radical (unpaired) electrons. The van der Waals surface area contributed by atoms with Gasteiger partial charge in [-0.1, -0.05) is 65.1 Å². The maximum absolute atomic E-state index is 11.9. The lowest BCUT2D eigenvalue weighted by Crippen LogP contribution is -2.11. The Morgan fingerprint density at radius 1 is 0.947 bits per heavy atom. The molecule has 0 saturated heterocycles. The van der Waals surface area contributed by atoms with Crippen LogP contribution in [-0.4, -0.2) is 12.4 Å². The van der Waals surface area contributed by atoms with E-state index < -0.39 is 0 Å². The molecule has 0 heterocycles. The second-order valence-electron chi connectivity index (χ2n) is 3.77. The molecular weight excluding hydrogens is 307 g/mol. The molecule has 0 saturated carbocycles. The van der Waals surface area contributed by atoms with Crippen molar-refractivity contribution in [1.82, 2.24) is 0 Å². The SMILES string of the molecule is O=C(COc1cc(Cl)c(Cl)cc1Cl)c1ccccc1. The van der Waals surface area contributed by atoms with E-state index in [0.29, 0.717) is 26.4 Å². The molecule has 0 aliphatic rings. The molecule has 0 atom stereocenters. The van der Waals surface area contributed by atoms with E-state index in [4.69, 9.17) is 39.5 Å². The molecule has 98 valence electrons. The number of carbonyl (C=O) groups is 1. The minimum atomic E-state index is -0.136. The van der Waals surface area contributed by atoms with E-state index in [1.54, 1.807) is 24.3 Å². The van der Waals surface area contributed by atoms with E-state index in [9.17, 15) is 4.79 Å². The summed E-state index contributed by atoms with van der Waals surface area (Å²) in [6.07, 6.45) is 0. The average Bonchev–Trinajstić information content (AvgIpc) is 2.42. The van der Waals surface area contributed by atoms with Gasteiger partial charge in [-0.25, -0.2) is 0 Å². The van der Waals surface area contributed by atoms with Crippen molar-refractivity contribution in [3.63, 3.8) is 0 Å². The Morgan fingerprint density at radius 2 is 1.58 bits per heavy atom. The predicted molar refractivity (Wildman–Crippen MR) is 77.7 cm³/mol. The Labute approximate surface area is 125 Å². The van der Waals surface area contributed by atoms with Crippen LogP contribution in [0.25, 0.3) is 0 Å². The number of benzene rings is 2. The summed E-state index contributed by atoms with van der Waals surface area (Å²) in [5.74, 6) is 0.197. The second kappa shape index (κ2) is 6.29. The smallest absolute Gasteiger partial charge is 0.200 e. The summed E-state index contributed by atoms with van der Waals surface area (Å²) in [7, 11) is 0. The zero-order chi connectivity index (χ0) is 13.8. The van der Waals surface area contributed by atoms with Crippen LogP contribution in [-0.2, 0) is 0 Å². The highest BCUT2D eigenvalue weighted by atomic mass is 35.5. The number of Topliss-reactive ketones (excluding diaryl/α,β-unsaturated/α-hetero) is 1. The number of halogens is 3. The molecule has 2 aromatic rings. The van der Waals surface area contributed by atoms with Gasteiger partial charge in [-0.3, -0.25) is 4.79 Å². The van der Waals surface area contributed by atoms with E-state index >= 15 is 0 Å². The maximum Gasteiger partial charge on any atom is 0.200 e. The topological polar surface area (TPSA) is 26.3 Å². The number of ketones is 1. The van der Waals surface area contributed by atoms with E-state index in [2.05, 4.69) is 0 Å². The van der Waals surface area contributed by atoms with Gasteiger partial charge in [0.15, 0.2) is 12.4 Å². The number of hydrogen-bond acceptors (Lipinski definition) is 2. The van der Waals surface area contributed by atoms with E-state index in [-0.39, 0.29) is 12.4 Å². The zero-order valence-electron chi connectivity index (χ0n) is 9.70. The van der Waals surface area contributed by atoms with Gasteiger partial charge in [0.2, 0.25) is 0 Å². The summed E-state index contributed by atoms with van der Waals surface area (Å²) >= 11 is 17.6. The van der Waals surface area contributed by atoms with Crippen LogP contribution in [0.3, 0.4) is 0 Å². The molecule has 2 nitrogen and oxygen atoms in total. The Kier molecular flexibility index (Phi) is 4.70. The fourth-order valence-electron chi connectivity index (χ4n) is 1.47. The summed E-state index contributed by atoms with van der Waals surface area (Å²) in [6, 6.07) is 11.8. The van der Waals surface area contributed by atoms with Crippen LogP contribution in [0.1, 0.15) is 10.4 Å². The quantitative estimate of drug-likeness (QED) is 0.592. The molecule has 2 aromatic carbocycles. The Bertz CT molecular complexity index is 597. The molecule has 19 heavy (non-hydrogen) atoms. The van der Waals surface area contributed by atoms with Crippen molar-refractivity contribution in [2.45, 2.75) is 0 Å². The normalized spacial score (nSPS) is 10.3. The summed E-state index contributed by atoms with van der Waals surface area (Å²) in [6.45, 7) is -0.109. The molecule has 0 bridgehead atoms. The third-order valence-electron chi connectivity index (χ3n) is 2.43. The van der Waals surface area contributed by atoms with Crippen molar-refractivity contribution < 1.29 is 9.53 Å². The van der Waals surface area contributed by atoms with Gasteiger partial charge >= 0.3 is 0 Å². The molecule has 0 aliphatic carbocycles. The van der Waals surface area contributed by atoms with Gasteiger partial charge in [0.25, 0.3) is 0 Å². The van der Waals surface area contributed by atoms with Gasteiger partial charge in [-0.2, -0.15) is 0 Å². The highest BCUT2D eigenvalue weighted by Gasteiger charge is 2.10. The third-order valence-corrected chi connectivity index (χ3v) is 3.45. The van der Waals surface area contributed by atoms with E-state index in [1.165, 1.54) is 12.1 Å². The first-order valence-electron chi connectivity index (χ1n) is 5.43. The number of hydrogen-bond donors (Lipinski definition) is 0. The minimum absolute atomic E-state index is 0.109. The molecule has 0 amide bonds. The van der Waals surface area contributed by atoms with Crippen LogP contribution in [0.5, 0.6) is 5.75 Å². The lowest BCUT2D eigenvalue weighted by atomic mass is 10.1. The van der Waals surface area contributed by atoms with Crippen LogP contribution in [0, 0.1) is 0 Å². The lowest BCUT2D eigenvalue weighted by Gasteiger charge is -2.08. The van der Waals surface area contributed by atoms with Crippen LogP contribution in [0.2, 0.25) is 15.1 Å². The van der Waals surface area contributed by atoms with Crippen molar-refractivity contribution in [3.05, 3.63) is 63.1 Å². The number of ether oxygens (including phenoxy) is 1. The number of carbonyl (C=O) groups excluding carboxylic acids is 1. The molecule has 0 fully saturated rings. The van der Waals surface area contributed by atoms with Crippen LogP contribution >= 0.6 is 34.8 Å². The first-order chi connectivity index (χ1) is 9.08. The lowest BCUT2D eigenvalue weighted by molar-refractivity contribution is 0.0921. The van der Waals surface area contributed by atoms with Gasteiger partial charge in [0.1, 0.15) is 5.75 Å². The molecule has 0 aliphatic heterocycles. The first-order valence-corrected chi connectivity index (χ1v) is 6.57. The highest BCUT2D eigenvalue weighted by Crippen LogP contribution is 2.33. The Balaban J connectivity index is 2.07. The largest absolute Gasteiger partial charge is 0.484 e. The van der Waals surface area contributed by atoms with Crippen molar-refractivity contribution in [2.75, 3.05) is 6.61 Å². The minimum Gasteiger partial charge on any atom is -0.484 e. The fourth-order valence-corrected chi connectivity index (χ4v) is 2.06. The van der Waals surface area contributed by atoms with Crippen LogP contribution in [0.15, 0.2) is 42.5 Å². The van der Waals surface area contributed by atoms with Gasteiger partial charge < -0.3 is 4.74 Å². The van der Waals surface area contributed by atoms with E-state index in [1.807, 2.05) is 6.07 Å². The zero-order valence-corrected chi connectivity index (χ0v) is 12.0. The van der Waals surface area contributed by atoms with Crippen molar-refractivity contribution in [1.29, 1.82) is 0 Å². The second-order valence-corrected chi connectivity index (χ2v) is 5.00. The maximum atomic E-state index is 11.9. The summed E-state index contributed by atoms with van der Waals surface area (Å²) in [4.78, 5) is 11.9. The first kappa shape index (κ1) is 14.2. The summed E-state index contributed by atoms with van der Waals surface area (Å²) < 4.78 is 5.36. The Hall–Kier alpha value is -1.22. The van der Waals surface area contributed by atoms with Crippen LogP contribution < -0.4 is 4.74 Å². The summed E-state index contributed by atoms with van der Waals surface area (Å²) in [5.41, 5.74) is 0.582. The third kappa shape index (κ3) is 3.63. The van der Waals surface area contributed by atoms with Gasteiger partial charge in [0.05, 0.1) is 15.1 Å². The number of rotatable bonds is 4. The van der Waals surface area contributed by atoms with Gasteiger partial charge in [-0.05, 0) is 6.07 Å².